The number of hydrogen-bond donors (Lipinski definition) is 0. The lowest BCUT2D eigenvalue weighted by Crippen LogP contribution is -1.85. The predicted molar refractivity (Wildman–Crippen MR) is 61.9 cm³/mol. The Labute approximate surface area is 93.5 Å². The molecule has 0 aliphatic carbocycles. The van der Waals surface area contributed by atoms with Crippen LogP contribution in [-0.4, -0.2) is 9.97 Å². The normalized spacial score (nSPS) is 11.5. The molecule has 0 amide bonds. The Hall–Kier alpha value is -2.03. The molecule has 1 radical (unpaired) electrons. The highest BCUT2D eigenvalue weighted by atomic mass is 19.1. The summed E-state index contributed by atoms with van der Waals surface area (Å²) in [6, 6.07) is 7.01. The Morgan fingerprint density at radius 2 is 1.94 bits per heavy atom. The lowest BCUT2D eigenvalue weighted by Gasteiger charge is -2.01. The van der Waals surface area contributed by atoms with Gasteiger partial charge in [0.2, 0.25) is 0 Å². The Morgan fingerprint density at radius 3 is 2.50 bits per heavy atom. The van der Waals surface area contributed by atoms with Gasteiger partial charge in [-0.05, 0) is 13.0 Å². The van der Waals surface area contributed by atoms with Crippen molar-refractivity contribution in [2.24, 2.45) is 0 Å². The van der Waals surface area contributed by atoms with Gasteiger partial charge in [0.1, 0.15) is 5.83 Å². The molecule has 0 N–H and O–H groups in total. The van der Waals surface area contributed by atoms with Gasteiger partial charge in [-0.1, -0.05) is 24.3 Å². The molecule has 3 heteroatoms. The Morgan fingerprint density at radius 1 is 1.19 bits per heavy atom. The van der Waals surface area contributed by atoms with Crippen molar-refractivity contribution in [3.63, 3.8) is 0 Å². The summed E-state index contributed by atoms with van der Waals surface area (Å²) in [6.45, 7) is 3.38. The van der Waals surface area contributed by atoms with Crippen LogP contribution in [0.1, 0.15) is 5.56 Å². The molecule has 0 fully saturated rings. The molecule has 2 aromatic rings. The van der Waals surface area contributed by atoms with Gasteiger partial charge in [0.25, 0.3) is 0 Å². The maximum absolute atomic E-state index is 13.2. The Kier molecular flexibility index (Phi) is 3.05. The Balaban J connectivity index is 2.34. The van der Waals surface area contributed by atoms with Crippen LogP contribution < -0.4 is 0 Å². The van der Waals surface area contributed by atoms with Gasteiger partial charge in [0, 0.05) is 23.5 Å². The molecule has 1 aromatic carbocycles. The average molecular weight is 213 g/mol. The second kappa shape index (κ2) is 4.66. The first-order valence-electron chi connectivity index (χ1n) is 4.83. The second-order valence-corrected chi connectivity index (χ2v) is 3.22. The van der Waals surface area contributed by atoms with E-state index in [-0.39, 0.29) is 5.83 Å². The van der Waals surface area contributed by atoms with Crippen molar-refractivity contribution < 1.29 is 4.39 Å². The van der Waals surface area contributed by atoms with E-state index in [0.29, 0.717) is 5.56 Å². The summed E-state index contributed by atoms with van der Waals surface area (Å²) in [6.07, 6.45) is 6.10. The average Bonchev–Trinajstić information content (AvgIpc) is 2.39. The van der Waals surface area contributed by atoms with Crippen LogP contribution in [0.25, 0.3) is 17.1 Å². The molecule has 2 nitrogen and oxygen atoms in total. The molecule has 0 atom stereocenters. The van der Waals surface area contributed by atoms with Crippen LogP contribution in [0, 0.1) is 6.92 Å². The molecule has 0 saturated carbocycles. The van der Waals surface area contributed by atoms with Crippen LogP contribution in [0.4, 0.5) is 4.39 Å². The van der Waals surface area contributed by atoms with Gasteiger partial charge >= 0.3 is 0 Å². The highest BCUT2D eigenvalue weighted by Gasteiger charge is 2.01. The molecule has 0 aliphatic heterocycles. The zero-order valence-electron chi connectivity index (χ0n) is 8.60. The molecule has 0 saturated heterocycles. The zero-order chi connectivity index (χ0) is 11.4. The van der Waals surface area contributed by atoms with Crippen molar-refractivity contribution in [1.29, 1.82) is 0 Å². The predicted octanol–water partition coefficient (Wildman–Crippen LogP) is 3.29. The van der Waals surface area contributed by atoms with Crippen LogP contribution in [0.5, 0.6) is 0 Å². The molecule has 1 aromatic heterocycles. The van der Waals surface area contributed by atoms with Crippen molar-refractivity contribution in [3.8, 4) is 11.3 Å². The standard InChI is InChI=1S/C13H10FN2/c1-2-12(14)10-3-5-11(6-4-10)13-9-15-7-8-16-13/h2-9H,1H2/b12-2-. The zero-order valence-corrected chi connectivity index (χ0v) is 8.60. The topological polar surface area (TPSA) is 25.8 Å². The second-order valence-electron chi connectivity index (χ2n) is 3.22. The SMILES string of the molecule is [CH2]/C=C(\F)c1ccc(-c2cnccn2)cc1. The van der Waals surface area contributed by atoms with E-state index < -0.39 is 0 Å². The summed E-state index contributed by atoms with van der Waals surface area (Å²) in [5.41, 5.74) is 2.20. The van der Waals surface area contributed by atoms with E-state index in [2.05, 4.69) is 16.9 Å². The summed E-state index contributed by atoms with van der Waals surface area (Å²) >= 11 is 0. The summed E-state index contributed by atoms with van der Waals surface area (Å²) in [4.78, 5) is 8.14. The molecule has 16 heavy (non-hydrogen) atoms. The Bertz CT molecular complexity index is 489. The van der Waals surface area contributed by atoms with Gasteiger partial charge in [0.15, 0.2) is 0 Å². The summed E-state index contributed by atoms with van der Waals surface area (Å²) in [5, 5.41) is 0. The van der Waals surface area contributed by atoms with E-state index in [1.807, 2.05) is 12.1 Å². The van der Waals surface area contributed by atoms with Crippen LogP contribution in [-0.2, 0) is 0 Å². The lowest BCUT2D eigenvalue weighted by atomic mass is 10.1. The molecule has 2 rings (SSSR count). The third kappa shape index (κ3) is 2.14. The van der Waals surface area contributed by atoms with E-state index in [4.69, 9.17) is 0 Å². The van der Waals surface area contributed by atoms with Gasteiger partial charge in [0.05, 0.1) is 11.9 Å². The fraction of sp³-hybridized carbons (Fsp3) is 0. The van der Waals surface area contributed by atoms with Crippen LogP contribution >= 0.6 is 0 Å². The first-order valence-corrected chi connectivity index (χ1v) is 4.83. The largest absolute Gasteiger partial charge is 0.261 e. The van der Waals surface area contributed by atoms with E-state index in [0.717, 1.165) is 11.3 Å². The minimum absolute atomic E-state index is 0.328. The maximum Gasteiger partial charge on any atom is 0.126 e. The van der Waals surface area contributed by atoms with Crippen LogP contribution in [0.2, 0.25) is 0 Å². The smallest absolute Gasteiger partial charge is 0.126 e. The van der Waals surface area contributed by atoms with Crippen molar-refractivity contribution in [2.75, 3.05) is 0 Å². The number of benzene rings is 1. The van der Waals surface area contributed by atoms with Gasteiger partial charge in [-0.25, -0.2) is 4.39 Å². The fourth-order valence-corrected chi connectivity index (χ4v) is 1.37. The number of allylic oxidation sites excluding steroid dienone is 1. The molecule has 79 valence electrons. The molecule has 0 bridgehead atoms. The molecular formula is C13H10FN2. The van der Waals surface area contributed by atoms with Crippen LogP contribution in [0.3, 0.4) is 0 Å². The van der Waals surface area contributed by atoms with Crippen molar-refractivity contribution in [1.82, 2.24) is 9.97 Å². The van der Waals surface area contributed by atoms with Crippen molar-refractivity contribution in [3.05, 3.63) is 61.4 Å². The number of aromatic nitrogens is 2. The maximum atomic E-state index is 13.2. The quantitative estimate of drug-likeness (QED) is 0.765. The molecule has 1 heterocycles. The van der Waals surface area contributed by atoms with Gasteiger partial charge in [-0.15, -0.1) is 0 Å². The highest BCUT2D eigenvalue weighted by molar-refractivity contribution is 5.65. The number of rotatable bonds is 2. The van der Waals surface area contributed by atoms with E-state index in [1.165, 1.54) is 6.08 Å². The van der Waals surface area contributed by atoms with E-state index >= 15 is 0 Å². The van der Waals surface area contributed by atoms with Crippen molar-refractivity contribution in [2.45, 2.75) is 0 Å². The van der Waals surface area contributed by atoms with E-state index in [1.54, 1.807) is 30.7 Å². The number of nitrogens with zero attached hydrogens (tertiary/aromatic N) is 2. The number of hydrogen-bond acceptors (Lipinski definition) is 2. The first-order chi connectivity index (χ1) is 7.81. The minimum Gasteiger partial charge on any atom is -0.261 e. The monoisotopic (exact) mass is 213 g/mol. The minimum atomic E-state index is -0.328. The summed E-state index contributed by atoms with van der Waals surface area (Å²) in [7, 11) is 0. The molecule has 0 unspecified atom stereocenters. The molecule has 0 spiro atoms. The van der Waals surface area contributed by atoms with Gasteiger partial charge < -0.3 is 0 Å². The van der Waals surface area contributed by atoms with Gasteiger partial charge in [-0.3, -0.25) is 9.97 Å². The van der Waals surface area contributed by atoms with Crippen LogP contribution in [0.15, 0.2) is 48.9 Å². The third-order valence-electron chi connectivity index (χ3n) is 2.20. The fourth-order valence-electron chi connectivity index (χ4n) is 1.37. The summed E-state index contributed by atoms with van der Waals surface area (Å²) in [5.74, 6) is -0.328. The lowest BCUT2D eigenvalue weighted by molar-refractivity contribution is 0.760. The summed E-state index contributed by atoms with van der Waals surface area (Å²) < 4.78 is 13.2. The van der Waals surface area contributed by atoms with Gasteiger partial charge in [-0.2, -0.15) is 0 Å². The highest BCUT2D eigenvalue weighted by Crippen LogP contribution is 2.20. The van der Waals surface area contributed by atoms with E-state index in [9.17, 15) is 4.39 Å². The molecule has 0 aliphatic rings. The van der Waals surface area contributed by atoms with Crippen molar-refractivity contribution >= 4 is 5.83 Å². The first kappa shape index (κ1) is 10.5. The third-order valence-corrected chi connectivity index (χ3v) is 2.20. The number of halogens is 1. The molecular weight excluding hydrogens is 203 g/mol.